The van der Waals surface area contributed by atoms with Gasteiger partial charge < -0.3 is 9.84 Å². The third-order valence-corrected chi connectivity index (χ3v) is 2.22. The summed E-state index contributed by atoms with van der Waals surface area (Å²) in [5.74, 6) is 1.13. The lowest BCUT2D eigenvalue weighted by Gasteiger charge is -1.99. The predicted octanol–water partition coefficient (Wildman–Crippen LogP) is 2.40. The van der Waals surface area contributed by atoms with Crippen LogP contribution in [0.5, 0.6) is 0 Å². The SMILES string of the molecule is CCCCNC(=O)c1cc(CC(C)C)on1. The van der Waals surface area contributed by atoms with Gasteiger partial charge in [0, 0.05) is 19.0 Å². The maximum atomic E-state index is 11.6. The molecule has 1 N–H and O–H groups in total. The monoisotopic (exact) mass is 224 g/mol. The summed E-state index contributed by atoms with van der Waals surface area (Å²) < 4.78 is 5.09. The van der Waals surface area contributed by atoms with Crippen LogP contribution in [0.4, 0.5) is 0 Å². The Balaban J connectivity index is 2.46. The first-order chi connectivity index (χ1) is 7.63. The molecule has 1 heterocycles. The lowest BCUT2D eigenvalue weighted by atomic mass is 10.1. The van der Waals surface area contributed by atoms with Crippen molar-refractivity contribution < 1.29 is 9.32 Å². The molecule has 0 radical (unpaired) electrons. The normalized spacial score (nSPS) is 10.8. The first-order valence-corrected chi connectivity index (χ1v) is 5.87. The number of carbonyl (C=O) groups excluding carboxylic acids is 1. The third-order valence-electron chi connectivity index (χ3n) is 2.22. The Labute approximate surface area is 96.4 Å². The molecule has 0 saturated carbocycles. The molecule has 1 rings (SSSR count). The molecule has 0 unspecified atom stereocenters. The van der Waals surface area contributed by atoms with E-state index in [9.17, 15) is 4.79 Å². The molecule has 16 heavy (non-hydrogen) atoms. The van der Waals surface area contributed by atoms with Crippen molar-refractivity contribution in [3.05, 3.63) is 17.5 Å². The lowest BCUT2D eigenvalue weighted by Crippen LogP contribution is -2.24. The molecule has 90 valence electrons. The molecule has 0 aliphatic rings. The molecule has 0 saturated heterocycles. The number of unbranched alkanes of at least 4 members (excludes halogenated alkanes) is 1. The van der Waals surface area contributed by atoms with Gasteiger partial charge in [0.25, 0.3) is 5.91 Å². The van der Waals surface area contributed by atoms with Crippen molar-refractivity contribution in [3.8, 4) is 0 Å². The van der Waals surface area contributed by atoms with Gasteiger partial charge in [0.1, 0.15) is 5.76 Å². The van der Waals surface area contributed by atoms with Gasteiger partial charge in [0.2, 0.25) is 0 Å². The summed E-state index contributed by atoms with van der Waals surface area (Å²) in [6.07, 6.45) is 2.87. The van der Waals surface area contributed by atoms with E-state index in [-0.39, 0.29) is 5.91 Å². The molecule has 0 fully saturated rings. The van der Waals surface area contributed by atoms with E-state index >= 15 is 0 Å². The fourth-order valence-corrected chi connectivity index (χ4v) is 1.39. The zero-order chi connectivity index (χ0) is 12.0. The minimum absolute atomic E-state index is 0.146. The molecule has 1 aromatic rings. The van der Waals surface area contributed by atoms with Gasteiger partial charge in [-0.25, -0.2) is 0 Å². The highest BCUT2D eigenvalue weighted by molar-refractivity contribution is 5.92. The van der Waals surface area contributed by atoms with E-state index < -0.39 is 0 Å². The molecule has 4 nitrogen and oxygen atoms in total. The summed E-state index contributed by atoms with van der Waals surface area (Å²) >= 11 is 0. The summed E-state index contributed by atoms with van der Waals surface area (Å²) in [6, 6.07) is 1.72. The highest BCUT2D eigenvalue weighted by atomic mass is 16.5. The van der Waals surface area contributed by atoms with Gasteiger partial charge in [-0.05, 0) is 12.3 Å². The molecular formula is C12H20N2O2. The van der Waals surface area contributed by atoms with Crippen LogP contribution >= 0.6 is 0 Å². The number of hydrogen-bond acceptors (Lipinski definition) is 3. The zero-order valence-electron chi connectivity index (χ0n) is 10.2. The Bertz CT molecular complexity index is 332. The second-order valence-corrected chi connectivity index (χ2v) is 4.39. The maximum Gasteiger partial charge on any atom is 0.273 e. The standard InChI is InChI=1S/C12H20N2O2/c1-4-5-6-13-12(15)11-8-10(16-14-11)7-9(2)3/h8-9H,4-7H2,1-3H3,(H,13,15). The topological polar surface area (TPSA) is 55.1 Å². The second-order valence-electron chi connectivity index (χ2n) is 4.39. The Kier molecular flexibility index (Phi) is 5.02. The largest absolute Gasteiger partial charge is 0.361 e. The van der Waals surface area contributed by atoms with Crippen molar-refractivity contribution >= 4 is 5.91 Å². The fourth-order valence-electron chi connectivity index (χ4n) is 1.39. The second kappa shape index (κ2) is 6.30. The van der Waals surface area contributed by atoms with Crippen molar-refractivity contribution in [2.75, 3.05) is 6.54 Å². The molecule has 0 aromatic carbocycles. The van der Waals surface area contributed by atoms with Gasteiger partial charge in [-0.2, -0.15) is 0 Å². The van der Waals surface area contributed by atoms with Crippen molar-refractivity contribution in [3.63, 3.8) is 0 Å². The van der Waals surface area contributed by atoms with E-state index in [2.05, 4.69) is 31.2 Å². The highest BCUT2D eigenvalue weighted by Crippen LogP contribution is 2.09. The van der Waals surface area contributed by atoms with E-state index in [1.54, 1.807) is 6.07 Å². The summed E-state index contributed by atoms with van der Waals surface area (Å²) in [6.45, 7) is 6.98. The van der Waals surface area contributed by atoms with E-state index in [1.807, 2.05) is 0 Å². The van der Waals surface area contributed by atoms with Gasteiger partial charge in [0.15, 0.2) is 5.69 Å². The molecule has 0 aliphatic heterocycles. The van der Waals surface area contributed by atoms with E-state index in [4.69, 9.17) is 4.52 Å². The van der Waals surface area contributed by atoms with Crippen molar-refractivity contribution in [2.45, 2.75) is 40.0 Å². The third kappa shape index (κ3) is 4.04. The van der Waals surface area contributed by atoms with Crippen LogP contribution in [-0.2, 0) is 6.42 Å². The van der Waals surface area contributed by atoms with Gasteiger partial charge >= 0.3 is 0 Å². The first kappa shape index (κ1) is 12.7. The summed E-state index contributed by atoms with van der Waals surface area (Å²) in [7, 11) is 0. The van der Waals surface area contributed by atoms with Gasteiger partial charge in [0.05, 0.1) is 0 Å². The van der Waals surface area contributed by atoms with Gasteiger partial charge in [-0.15, -0.1) is 0 Å². The van der Waals surface area contributed by atoms with Crippen molar-refractivity contribution in [1.82, 2.24) is 10.5 Å². The minimum Gasteiger partial charge on any atom is -0.361 e. The molecule has 0 bridgehead atoms. The number of hydrogen-bond donors (Lipinski definition) is 1. The Morgan fingerprint density at radius 3 is 2.94 bits per heavy atom. The number of aromatic nitrogens is 1. The van der Waals surface area contributed by atoms with Crippen LogP contribution in [0.3, 0.4) is 0 Å². The molecule has 0 aliphatic carbocycles. The number of amides is 1. The van der Waals surface area contributed by atoms with Crippen LogP contribution in [-0.4, -0.2) is 17.6 Å². The number of nitrogens with one attached hydrogen (secondary N) is 1. The summed E-state index contributed by atoms with van der Waals surface area (Å²) in [5.41, 5.74) is 0.381. The quantitative estimate of drug-likeness (QED) is 0.755. The average Bonchev–Trinajstić information content (AvgIpc) is 2.65. The molecular weight excluding hydrogens is 204 g/mol. The predicted molar refractivity (Wildman–Crippen MR) is 62.3 cm³/mol. The molecule has 1 aromatic heterocycles. The van der Waals surface area contributed by atoms with Crippen LogP contribution in [0.2, 0.25) is 0 Å². The number of nitrogens with zero attached hydrogens (tertiary/aromatic N) is 1. The Morgan fingerprint density at radius 1 is 1.56 bits per heavy atom. The van der Waals surface area contributed by atoms with Crippen LogP contribution in [0, 0.1) is 5.92 Å². The van der Waals surface area contributed by atoms with E-state index in [0.717, 1.165) is 25.0 Å². The summed E-state index contributed by atoms with van der Waals surface area (Å²) in [4.78, 5) is 11.6. The van der Waals surface area contributed by atoms with Crippen molar-refractivity contribution in [1.29, 1.82) is 0 Å². The first-order valence-electron chi connectivity index (χ1n) is 5.87. The van der Waals surface area contributed by atoms with E-state index in [0.29, 0.717) is 18.2 Å². The van der Waals surface area contributed by atoms with Crippen LogP contribution in [0.25, 0.3) is 0 Å². The van der Waals surface area contributed by atoms with E-state index in [1.165, 1.54) is 0 Å². The number of rotatable bonds is 6. The lowest BCUT2D eigenvalue weighted by molar-refractivity contribution is 0.0944. The van der Waals surface area contributed by atoms with Crippen LogP contribution in [0.15, 0.2) is 10.6 Å². The molecule has 0 atom stereocenters. The van der Waals surface area contributed by atoms with Gasteiger partial charge in [-0.3, -0.25) is 4.79 Å². The Morgan fingerprint density at radius 2 is 2.31 bits per heavy atom. The summed E-state index contributed by atoms with van der Waals surface area (Å²) in [5, 5.41) is 6.57. The van der Waals surface area contributed by atoms with Gasteiger partial charge in [-0.1, -0.05) is 32.3 Å². The minimum atomic E-state index is -0.146. The highest BCUT2D eigenvalue weighted by Gasteiger charge is 2.12. The maximum absolute atomic E-state index is 11.6. The number of carbonyl (C=O) groups is 1. The molecule has 4 heteroatoms. The van der Waals surface area contributed by atoms with Crippen LogP contribution in [0.1, 0.15) is 49.9 Å². The van der Waals surface area contributed by atoms with Crippen LogP contribution < -0.4 is 5.32 Å². The zero-order valence-corrected chi connectivity index (χ0v) is 10.2. The van der Waals surface area contributed by atoms with Crippen molar-refractivity contribution in [2.24, 2.45) is 5.92 Å². The average molecular weight is 224 g/mol. The molecule has 1 amide bonds. The fraction of sp³-hybridized carbons (Fsp3) is 0.667. The smallest absolute Gasteiger partial charge is 0.273 e. The Hall–Kier alpha value is -1.32. The molecule has 0 spiro atoms.